The molecular formula is C25H46N4O4. The minimum Gasteiger partial charge on any atom is -0.475 e. The monoisotopic (exact) mass is 466 g/mol. The van der Waals surface area contributed by atoms with E-state index in [1.165, 1.54) is 108 Å². The summed E-state index contributed by atoms with van der Waals surface area (Å²) in [6.07, 6.45) is 22.3. The van der Waals surface area contributed by atoms with Crippen molar-refractivity contribution in [3.8, 4) is 5.88 Å². The molecule has 1 rings (SSSR count). The molecule has 0 aliphatic heterocycles. The first-order chi connectivity index (χ1) is 16.0. The highest BCUT2D eigenvalue weighted by Crippen LogP contribution is 2.26. The molecule has 1 atom stereocenters. The van der Waals surface area contributed by atoms with Gasteiger partial charge in [0.15, 0.2) is 0 Å². The van der Waals surface area contributed by atoms with Crippen LogP contribution < -0.4 is 10.1 Å². The van der Waals surface area contributed by atoms with Crippen molar-refractivity contribution in [2.75, 3.05) is 13.7 Å². The molecule has 8 nitrogen and oxygen atoms in total. The summed E-state index contributed by atoms with van der Waals surface area (Å²) in [5.41, 5.74) is -0.241. The summed E-state index contributed by atoms with van der Waals surface area (Å²) in [5, 5.41) is 17.9. The van der Waals surface area contributed by atoms with Gasteiger partial charge in [-0.25, -0.2) is 4.68 Å². The molecule has 1 N–H and O–H groups in total. The first kappa shape index (κ1) is 28.9. The van der Waals surface area contributed by atoms with Crippen molar-refractivity contribution >= 4 is 11.6 Å². The molecule has 0 aliphatic rings. The Balaban J connectivity index is 1.97. The molecule has 0 radical (unpaired) electrons. The topological polar surface area (TPSA) is 99.3 Å². The Morgan fingerprint density at radius 3 is 1.82 bits per heavy atom. The highest BCUT2D eigenvalue weighted by atomic mass is 16.6. The lowest BCUT2D eigenvalue weighted by Gasteiger charge is -2.12. The molecule has 1 amide bonds. The molecule has 8 heteroatoms. The zero-order valence-corrected chi connectivity index (χ0v) is 21.2. The fourth-order valence-electron chi connectivity index (χ4n) is 3.99. The maximum absolute atomic E-state index is 12.3. The maximum Gasteiger partial charge on any atom is 0.350 e. The lowest BCUT2D eigenvalue weighted by atomic mass is 10.0. The van der Waals surface area contributed by atoms with Crippen molar-refractivity contribution in [2.24, 2.45) is 0 Å². The van der Waals surface area contributed by atoms with E-state index in [1.807, 2.05) is 0 Å². The van der Waals surface area contributed by atoms with Gasteiger partial charge in [-0.05, 0) is 13.3 Å². The number of nitrogens with zero attached hydrogens (tertiary/aromatic N) is 3. The number of hydrogen-bond donors (Lipinski definition) is 1. The van der Waals surface area contributed by atoms with Gasteiger partial charge in [-0.15, -0.1) is 5.10 Å². The summed E-state index contributed by atoms with van der Waals surface area (Å²) < 4.78 is 6.19. The summed E-state index contributed by atoms with van der Waals surface area (Å²) in [6, 6.07) is -0.631. The van der Waals surface area contributed by atoms with Crippen LogP contribution in [0.4, 0.5) is 5.69 Å². The standard InChI is InChI=1S/C25H46N4O4/c1-4-5-6-7-8-9-10-11-12-13-14-15-16-17-18-19-20-26-24(30)22(2)28-21-23(29(31)32)25(27-28)33-3/h21-22H,4-20H2,1-3H3,(H,26,30). The molecule has 1 aromatic heterocycles. The number of methoxy groups -OCH3 is 1. The number of hydrogen-bond acceptors (Lipinski definition) is 5. The van der Waals surface area contributed by atoms with Crippen LogP contribution in [0.2, 0.25) is 0 Å². The number of rotatable bonds is 21. The quantitative estimate of drug-likeness (QED) is 0.123. The Kier molecular flexibility index (Phi) is 16.1. The number of amides is 1. The number of ether oxygens (including phenoxy) is 1. The highest BCUT2D eigenvalue weighted by Gasteiger charge is 2.24. The van der Waals surface area contributed by atoms with E-state index in [-0.39, 0.29) is 17.5 Å². The van der Waals surface area contributed by atoms with Crippen LogP contribution in [0.25, 0.3) is 0 Å². The number of carbonyl (C=O) groups is 1. The van der Waals surface area contributed by atoms with Crippen LogP contribution in [0.5, 0.6) is 5.88 Å². The Hall–Kier alpha value is -2.12. The van der Waals surface area contributed by atoms with Gasteiger partial charge in [-0.1, -0.05) is 103 Å². The molecule has 0 saturated carbocycles. The Bertz CT molecular complexity index is 663. The van der Waals surface area contributed by atoms with E-state index < -0.39 is 11.0 Å². The average molecular weight is 467 g/mol. The van der Waals surface area contributed by atoms with E-state index in [0.717, 1.165) is 12.8 Å². The van der Waals surface area contributed by atoms with Crippen LogP contribution in [-0.2, 0) is 4.79 Å². The highest BCUT2D eigenvalue weighted by molar-refractivity contribution is 5.79. The molecule has 0 bridgehead atoms. The Morgan fingerprint density at radius 2 is 1.42 bits per heavy atom. The number of carbonyl (C=O) groups excluding carboxylic acids is 1. The van der Waals surface area contributed by atoms with Crippen molar-refractivity contribution in [1.82, 2.24) is 15.1 Å². The minimum absolute atomic E-state index is 0.0857. The van der Waals surface area contributed by atoms with Crippen LogP contribution in [0, 0.1) is 10.1 Å². The van der Waals surface area contributed by atoms with Crippen molar-refractivity contribution in [3.05, 3.63) is 16.3 Å². The van der Waals surface area contributed by atoms with E-state index in [4.69, 9.17) is 4.74 Å². The van der Waals surface area contributed by atoms with E-state index in [9.17, 15) is 14.9 Å². The second-order valence-corrected chi connectivity index (χ2v) is 9.03. The van der Waals surface area contributed by atoms with Crippen LogP contribution in [0.3, 0.4) is 0 Å². The molecule has 1 unspecified atom stereocenters. The van der Waals surface area contributed by atoms with Crippen LogP contribution in [0.1, 0.15) is 123 Å². The first-order valence-corrected chi connectivity index (χ1v) is 13.1. The van der Waals surface area contributed by atoms with Gasteiger partial charge in [-0.3, -0.25) is 14.9 Å². The normalized spacial score (nSPS) is 12.0. The molecule has 0 aromatic carbocycles. The molecule has 0 aliphatic carbocycles. The fraction of sp³-hybridized carbons (Fsp3) is 0.840. The zero-order chi connectivity index (χ0) is 24.3. The van der Waals surface area contributed by atoms with Crippen molar-refractivity contribution < 1.29 is 14.5 Å². The fourth-order valence-corrected chi connectivity index (χ4v) is 3.99. The second-order valence-electron chi connectivity index (χ2n) is 9.03. The molecule has 190 valence electrons. The van der Waals surface area contributed by atoms with E-state index in [2.05, 4.69) is 17.3 Å². The lowest BCUT2D eigenvalue weighted by molar-refractivity contribution is -0.385. The Labute approximate surface area is 200 Å². The zero-order valence-electron chi connectivity index (χ0n) is 21.2. The SMILES string of the molecule is CCCCCCCCCCCCCCCCCCNC(=O)C(C)n1cc([N+](=O)[O-])c(OC)n1. The summed E-state index contributed by atoms with van der Waals surface area (Å²) >= 11 is 0. The number of nitro groups is 1. The number of nitrogens with one attached hydrogen (secondary N) is 1. The van der Waals surface area contributed by atoms with E-state index >= 15 is 0 Å². The van der Waals surface area contributed by atoms with Crippen molar-refractivity contribution in [2.45, 2.75) is 123 Å². The predicted molar refractivity (Wildman–Crippen MR) is 133 cm³/mol. The van der Waals surface area contributed by atoms with E-state index in [0.29, 0.717) is 6.54 Å². The average Bonchev–Trinajstić information content (AvgIpc) is 3.25. The van der Waals surface area contributed by atoms with Gasteiger partial charge >= 0.3 is 11.6 Å². The van der Waals surface area contributed by atoms with Crippen LogP contribution in [0.15, 0.2) is 6.20 Å². The third kappa shape index (κ3) is 12.6. The van der Waals surface area contributed by atoms with Gasteiger partial charge in [0.2, 0.25) is 5.91 Å². The summed E-state index contributed by atoms with van der Waals surface area (Å²) in [7, 11) is 1.32. The van der Waals surface area contributed by atoms with Gasteiger partial charge in [0, 0.05) is 6.54 Å². The van der Waals surface area contributed by atoms with Crippen LogP contribution in [-0.4, -0.2) is 34.3 Å². The molecule has 1 aromatic rings. The van der Waals surface area contributed by atoms with Crippen molar-refractivity contribution in [1.29, 1.82) is 0 Å². The number of aromatic nitrogens is 2. The van der Waals surface area contributed by atoms with Gasteiger partial charge in [0.1, 0.15) is 12.2 Å². The van der Waals surface area contributed by atoms with Crippen molar-refractivity contribution in [3.63, 3.8) is 0 Å². The van der Waals surface area contributed by atoms with Gasteiger partial charge in [0.05, 0.1) is 12.0 Å². The molecule has 0 spiro atoms. The van der Waals surface area contributed by atoms with Gasteiger partial charge in [0.25, 0.3) is 0 Å². The summed E-state index contributed by atoms with van der Waals surface area (Å²) in [5.74, 6) is -0.284. The predicted octanol–water partition coefficient (Wildman–Crippen LogP) is 6.74. The maximum atomic E-state index is 12.3. The molecule has 33 heavy (non-hydrogen) atoms. The molecule has 0 saturated heterocycles. The summed E-state index contributed by atoms with van der Waals surface area (Å²) in [4.78, 5) is 22.7. The lowest BCUT2D eigenvalue weighted by Crippen LogP contribution is -2.32. The minimum atomic E-state index is -0.631. The molecular weight excluding hydrogens is 420 g/mol. The Morgan fingerprint density at radius 1 is 0.970 bits per heavy atom. The molecule has 1 heterocycles. The second kappa shape index (κ2) is 18.3. The first-order valence-electron chi connectivity index (χ1n) is 13.1. The largest absolute Gasteiger partial charge is 0.475 e. The molecule has 0 fully saturated rings. The van der Waals surface area contributed by atoms with Gasteiger partial charge < -0.3 is 10.1 Å². The smallest absolute Gasteiger partial charge is 0.350 e. The summed E-state index contributed by atoms with van der Waals surface area (Å²) in [6.45, 7) is 4.55. The number of unbranched alkanes of at least 4 members (excludes halogenated alkanes) is 15. The third-order valence-corrected chi connectivity index (χ3v) is 6.18. The van der Waals surface area contributed by atoms with E-state index in [1.54, 1.807) is 6.92 Å². The third-order valence-electron chi connectivity index (χ3n) is 6.18. The van der Waals surface area contributed by atoms with Gasteiger partial charge in [-0.2, -0.15) is 0 Å². The van der Waals surface area contributed by atoms with Crippen LogP contribution >= 0.6 is 0 Å².